The summed E-state index contributed by atoms with van der Waals surface area (Å²) in [5.41, 5.74) is 6.79. The molecule has 0 bridgehead atoms. The van der Waals surface area contributed by atoms with Crippen LogP contribution in [0.25, 0.3) is 0 Å². The fraction of sp³-hybridized carbons (Fsp3) is 0.500. The largest absolute Gasteiger partial charge is 0.351 e. The Hall–Kier alpha value is -1.10. The SMILES string of the molecule is C[C@H](N)C(=O)N[C@@H]1CCN(Cc2ccc(Cl)cc2)C1. The maximum Gasteiger partial charge on any atom is 0.236 e. The third-order valence-corrected chi connectivity index (χ3v) is 3.60. The third kappa shape index (κ3) is 4.20. The van der Waals surface area contributed by atoms with Crippen molar-refractivity contribution in [2.45, 2.75) is 32.0 Å². The van der Waals surface area contributed by atoms with Gasteiger partial charge in [-0.3, -0.25) is 9.69 Å². The molecule has 0 aromatic heterocycles. The maximum absolute atomic E-state index is 11.5. The minimum Gasteiger partial charge on any atom is -0.351 e. The van der Waals surface area contributed by atoms with E-state index in [0.29, 0.717) is 0 Å². The molecule has 1 aliphatic heterocycles. The van der Waals surface area contributed by atoms with E-state index in [-0.39, 0.29) is 11.9 Å². The number of carbonyl (C=O) groups excluding carboxylic acids is 1. The Labute approximate surface area is 118 Å². The number of hydrogen-bond donors (Lipinski definition) is 2. The molecular weight excluding hydrogens is 262 g/mol. The highest BCUT2D eigenvalue weighted by molar-refractivity contribution is 6.30. The number of nitrogens with one attached hydrogen (secondary N) is 1. The average molecular weight is 282 g/mol. The molecule has 1 amide bonds. The van der Waals surface area contributed by atoms with Crippen LogP contribution in [0.15, 0.2) is 24.3 Å². The summed E-state index contributed by atoms with van der Waals surface area (Å²) in [6.45, 7) is 4.46. The molecule has 0 saturated carbocycles. The molecule has 0 radical (unpaired) electrons. The quantitative estimate of drug-likeness (QED) is 0.877. The van der Waals surface area contributed by atoms with Gasteiger partial charge >= 0.3 is 0 Å². The summed E-state index contributed by atoms with van der Waals surface area (Å²) in [4.78, 5) is 13.9. The van der Waals surface area contributed by atoms with Crippen molar-refractivity contribution in [3.63, 3.8) is 0 Å². The number of halogens is 1. The molecule has 2 atom stereocenters. The summed E-state index contributed by atoms with van der Waals surface area (Å²) in [5.74, 6) is -0.0710. The van der Waals surface area contributed by atoms with Gasteiger partial charge < -0.3 is 11.1 Å². The maximum atomic E-state index is 11.5. The molecule has 2 rings (SSSR count). The van der Waals surface area contributed by atoms with Crippen LogP contribution < -0.4 is 11.1 Å². The van der Waals surface area contributed by atoms with Crippen LogP contribution in [0.3, 0.4) is 0 Å². The number of rotatable bonds is 4. The van der Waals surface area contributed by atoms with E-state index in [2.05, 4.69) is 10.2 Å². The van der Waals surface area contributed by atoms with Gasteiger partial charge in [0, 0.05) is 30.7 Å². The van der Waals surface area contributed by atoms with Crippen LogP contribution in [0.5, 0.6) is 0 Å². The van der Waals surface area contributed by atoms with Gasteiger partial charge in [-0.15, -0.1) is 0 Å². The van der Waals surface area contributed by atoms with Gasteiger partial charge in [0.15, 0.2) is 0 Å². The number of carbonyl (C=O) groups is 1. The third-order valence-electron chi connectivity index (χ3n) is 3.35. The number of likely N-dealkylation sites (tertiary alicyclic amines) is 1. The smallest absolute Gasteiger partial charge is 0.236 e. The Kier molecular flexibility index (Phi) is 4.80. The Balaban J connectivity index is 1.82. The van der Waals surface area contributed by atoms with Crippen LogP contribution >= 0.6 is 11.6 Å². The van der Waals surface area contributed by atoms with Gasteiger partial charge in [0.25, 0.3) is 0 Å². The summed E-state index contributed by atoms with van der Waals surface area (Å²) in [7, 11) is 0. The monoisotopic (exact) mass is 281 g/mol. The molecule has 3 N–H and O–H groups in total. The van der Waals surface area contributed by atoms with Crippen LogP contribution in [0.1, 0.15) is 18.9 Å². The molecule has 0 unspecified atom stereocenters. The molecule has 1 aliphatic rings. The van der Waals surface area contributed by atoms with Gasteiger partial charge in [0.2, 0.25) is 5.91 Å². The topological polar surface area (TPSA) is 58.4 Å². The fourth-order valence-corrected chi connectivity index (χ4v) is 2.40. The van der Waals surface area contributed by atoms with Crippen LogP contribution in [0, 0.1) is 0 Å². The molecule has 4 nitrogen and oxygen atoms in total. The lowest BCUT2D eigenvalue weighted by Crippen LogP contribution is -2.44. The number of nitrogens with two attached hydrogens (primary N) is 1. The van der Waals surface area contributed by atoms with E-state index < -0.39 is 6.04 Å². The zero-order valence-electron chi connectivity index (χ0n) is 11.1. The summed E-state index contributed by atoms with van der Waals surface area (Å²) >= 11 is 5.87. The standard InChI is InChI=1S/C14H20ClN3O/c1-10(16)14(19)17-13-6-7-18(9-13)8-11-2-4-12(15)5-3-11/h2-5,10,13H,6-9,16H2,1H3,(H,17,19)/t10-,13+/m0/s1. The second kappa shape index (κ2) is 6.37. The second-order valence-electron chi connectivity index (χ2n) is 5.14. The minimum atomic E-state index is -0.440. The molecule has 5 heteroatoms. The van der Waals surface area contributed by atoms with Crippen LogP contribution in [0.2, 0.25) is 5.02 Å². The Bertz CT molecular complexity index is 433. The molecule has 1 aromatic rings. The molecule has 104 valence electrons. The van der Waals surface area contributed by atoms with Crippen molar-refractivity contribution >= 4 is 17.5 Å². The van der Waals surface area contributed by atoms with Gasteiger partial charge in [0.1, 0.15) is 0 Å². The van der Waals surface area contributed by atoms with E-state index in [1.54, 1.807) is 6.92 Å². The van der Waals surface area contributed by atoms with Crippen molar-refractivity contribution in [2.24, 2.45) is 5.73 Å². The van der Waals surface area contributed by atoms with Crippen molar-refractivity contribution in [3.05, 3.63) is 34.9 Å². The predicted molar refractivity (Wildman–Crippen MR) is 76.9 cm³/mol. The van der Waals surface area contributed by atoms with Crippen LogP contribution in [-0.4, -0.2) is 36.0 Å². The first-order chi connectivity index (χ1) is 9.04. The van der Waals surface area contributed by atoms with E-state index in [0.717, 1.165) is 31.1 Å². The van der Waals surface area contributed by atoms with E-state index in [4.69, 9.17) is 17.3 Å². The van der Waals surface area contributed by atoms with E-state index in [9.17, 15) is 4.79 Å². The van der Waals surface area contributed by atoms with Gasteiger partial charge in [-0.2, -0.15) is 0 Å². The van der Waals surface area contributed by atoms with Crippen molar-refractivity contribution < 1.29 is 4.79 Å². The zero-order chi connectivity index (χ0) is 13.8. The number of benzene rings is 1. The van der Waals surface area contributed by atoms with Gasteiger partial charge in [0.05, 0.1) is 6.04 Å². The molecular formula is C14H20ClN3O. The molecule has 1 saturated heterocycles. The zero-order valence-corrected chi connectivity index (χ0v) is 11.9. The summed E-state index contributed by atoms with van der Waals surface area (Å²) in [6, 6.07) is 7.66. The normalized spacial score (nSPS) is 21.3. The minimum absolute atomic E-state index is 0.0710. The van der Waals surface area contributed by atoms with Crippen molar-refractivity contribution in [2.75, 3.05) is 13.1 Å². The first kappa shape index (κ1) is 14.3. The van der Waals surface area contributed by atoms with Crippen LogP contribution in [-0.2, 0) is 11.3 Å². The molecule has 1 aromatic carbocycles. The summed E-state index contributed by atoms with van der Waals surface area (Å²) in [6.07, 6.45) is 0.978. The lowest BCUT2D eigenvalue weighted by Gasteiger charge is -2.17. The number of hydrogen-bond acceptors (Lipinski definition) is 3. The first-order valence-corrected chi connectivity index (χ1v) is 6.95. The Morgan fingerprint density at radius 2 is 2.21 bits per heavy atom. The lowest BCUT2D eigenvalue weighted by molar-refractivity contribution is -0.122. The average Bonchev–Trinajstić information content (AvgIpc) is 2.79. The molecule has 1 fully saturated rings. The van der Waals surface area contributed by atoms with Gasteiger partial charge in [-0.05, 0) is 31.0 Å². The Morgan fingerprint density at radius 1 is 1.53 bits per heavy atom. The first-order valence-electron chi connectivity index (χ1n) is 6.57. The predicted octanol–water partition coefficient (Wildman–Crippen LogP) is 1.38. The van der Waals surface area contributed by atoms with E-state index in [1.165, 1.54) is 5.56 Å². The molecule has 0 aliphatic carbocycles. The molecule has 1 heterocycles. The highest BCUT2D eigenvalue weighted by Gasteiger charge is 2.24. The summed E-state index contributed by atoms with van der Waals surface area (Å²) in [5, 5.41) is 3.73. The molecule has 19 heavy (non-hydrogen) atoms. The van der Waals surface area contributed by atoms with Crippen molar-refractivity contribution in [1.82, 2.24) is 10.2 Å². The molecule has 0 spiro atoms. The highest BCUT2D eigenvalue weighted by Crippen LogP contribution is 2.15. The highest BCUT2D eigenvalue weighted by atomic mass is 35.5. The van der Waals surface area contributed by atoms with Crippen molar-refractivity contribution in [1.29, 1.82) is 0 Å². The second-order valence-corrected chi connectivity index (χ2v) is 5.58. The fourth-order valence-electron chi connectivity index (χ4n) is 2.27. The Morgan fingerprint density at radius 3 is 2.84 bits per heavy atom. The lowest BCUT2D eigenvalue weighted by atomic mass is 10.2. The van der Waals surface area contributed by atoms with Gasteiger partial charge in [-0.1, -0.05) is 23.7 Å². The van der Waals surface area contributed by atoms with Gasteiger partial charge in [-0.25, -0.2) is 0 Å². The number of amides is 1. The number of nitrogens with zero attached hydrogens (tertiary/aromatic N) is 1. The van der Waals surface area contributed by atoms with E-state index >= 15 is 0 Å². The van der Waals surface area contributed by atoms with Crippen molar-refractivity contribution in [3.8, 4) is 0 Å². The van der Waals surface area contributed by atoms with Crippen LogP contribution in [0.4, 0.5) is 0 Å². The van der Waals surface area contributed by atoms with E-state index in [1.807, 2.05) is 24.3 Å². The summed E-state index contributed by atoms with van der Waals surface area (Å²) < 4.78 is 0.